The molecule has 2 aromatic rings. The van der Waals surface area contributed by atoms with E-state index in [1.807, 2.05) is 6.07 Å². The van der Waals surface area contributed by atoms with Gasteiger partial charge in [0.2, 0.25) is 5.95 Å². The van der Waals surface area contributed by atoms with Gasteiger partial charge in [-0.25, -0.2) is 5.84 Å². The lowest BCUT2D eigenvalue weighted by molar-refractivity contribution is 0.962. The van der Waals surface area contributed by atoms with Crippen molar-refractivity contribution in [2.45, 2.75) is 19.9 Å². The van der Waals surface area contributed by atoms with E-state index in [4.69, 9.17) is 11.6 Å². The molecule has 0 atom stereocenters. The van der Waals surface area contributed by atoms with Crippen molar-refractivity contribution >= 4 is 17.6 Å². The molecule has 0 amide bonds. The third-order valence-electron chi connectivity index (χ3n) is 2.69. The van der Waals surface area contributed by atoms with Gasteiger partial charge in [-0.2, -0.15) is 9.97 Å². The Morgan fingerprint density at radius 1 is 1.26 bits per heavy atom. The predicted octanol–water partition coefficient (Wildman–Crippen LogP) is 0.914. The SMILES string of the molecule is CCc1cccnc1CNc1cc(NN)nc(N)n1. The smallest absolute Gasteiger partial charge is 0.223 e. The highest BCUT2D eigenvalue weighted by atomic mass is 15.3. The minimum absolute atomic E-state index is 0.162. The summed E-state index contributed by atoms with van der Waals surface area (Å²) in [6.45, 7) is 2.67. The molecule has 6 N–H and O–H groups in total. The summed E-state index contributed by atoms with van der Waals surface area (Å²) in [5, 5.41) is 3.16. The molecule has 0 aliphatic heterocycles. The van der Waals surface area contributed by atoms with Crippen LogP contribution in [0.2, 0.25) is 0 Å². The van der Waals surface area contributed by atoms with Crippen LogP contribution < -0.4 is 22.3 Å². The van der Waals surface area contributed by atoms with Gasteiger partial charge in [0.1, 0.15) is 11.6 Å². The fourth-order valence-corrected chi connectivity index (χ4v) is 1.76. The molecule has 2 aromatic heterocycles. The number of rotatable bonds is 5. The summed E-state index contributed by atoms with van der Waals surface area (Å²) in [6.07, 6.45) is 2.71. The Balaban J connectivity index is 2.12. The van der Waals surface area contributed by atoms with E-state index in [-0.39, 0.29) is 5.95 Å². The summed E-state index contributed by atoms with van der Waals surface area (Å²) < 4.78 is 0. The Morgan fingerprint density at radius 2 is 2.05 bits per heavy atom. The summed E-state index contributed by atoms with van der Waals surface area (Å²) in [4.78, 5) is 12.4. The first kappa shape index (κ1) is 13.0. The summed E-state index contributed by atoms with van der Waals surface area (Å²) in [7, 11) is 0. The van der Waals surface area contributed by atoms with Crippen LogP contribution in [0, 0.1) is 0 Å². The van der Waals surface area contributed by atoms with Crippen molar-refractivity contribution in [3.63, 3.8) is 0 Å². The van der Waals surface area contributed by atoms with E-state index in [9.17, 15) is 0 Å². The van der Waals surface area contributed by atoms with E-state index >= 15 is 0 Å². The molecule has 0 aromatic carbocycles. The minimum atomic E-state index is 0.162. The Hall–Kier alpha value is -2.41. The van der Waals surface area contributed by atoms with Gasteiger partial charge in [0.25, 0.3) is 0 Å². The van der Waals surface area contributed by atoms with Crippen LogP contribution in [0.1, 0.15) is 18.2 Å². The van der Waals surface area contributed by atoms with Gasteiger partial charge in [0.05, 0.1) is 12.2 Å². The van der Waals surface area contributed by atoms with Crippen molar-refractivity contribution in [2.24, 2.45) is 5.84 Å². The number of nitrogens with zero attached hydrogens (tertiary/aromatic N) is 3. The van der Waals surface area contributed by atoms with Gasteiger partial charge >= 0.3 is 0 Å². The molecule has 7 nitrogen and oxygen atoms in total. The number of nitrogens with one attached hydrogen (secondary N) is 2. The second-order valence-electron chi connectivity index (χ2n) is 3.96. The number of hydrazine groups is 1. The van der Waals surface area contributed by atoms with Crippen molar-refractivity contribution in [3.8, 4) is 0 Å². The number of aryl methyl sites for hydroxylation is 1. The van der Waals surface area contributed by atoms with E-state index in [0.29, 0.717) is 18.2 Å². The average Bonchev–Trinajstić information content (AvgIpc) is 2.44. The van der Waals surface area contributed by atoms with Crippen LogP contribution in [0.5, 0.6) is 0 Å². The first-order valence-corrected chi connectivity index (χ1v) is 6.00. The molecule has 0 bridgehead atoms. The van der Waals surface area contributed by atoms with E-state index in [1.165, 1.54) is 5.56 Å². The van der Waals surface area contributed by atoms with Crippen LogP contribution in [0.25, 0.3) is 0 Å². The van der Waals surface area contributed by atoms with E-state index < -0.39 is 0 Å². The van der Waals surface area contributed by atoms with E-state index in [0.717, 1.165) is 12.1 Å². The third kappa shape index (κ3) is 3.29. The van der Waals surface area contributed by atoms with Crippen LogP contribution in [-0.4, -0.2) is 15.0 Å². The maximum Gasteiger partial charge on any atom is 0.223 e. The van der Waals surface area contributed by atoms with Gasteiger partial charge < -0.3 is 16.5 Å². The Morgan fingerprint density at radius 3 is 2.79 bits per heavy atom. The average molecular weight is 259 g/mol. The van der Waals surface area contributed by atoms with E-state index in [1.54, 1.807) is 12.3 Å². The summed E-state index contributed by atoms with van der Waals surface area (Å²) >= 11 is 0. The zero-order valence-corrected chi connectivity index (χ0v) is 10.7. The van der Waals surface area contributed by atoms with Gasteiger partial charge in [0.15, 0.2) is 0 Å². The van der Waals surface area contributed by atoms with E-state index in [2.05, 4.69) is 38.7 Å². The van der Waals surface area contributed by atoms with Crippen molar-refractivity contribution in [1.29, 1.82) is 0 Å². The van der Waals surface area contributed by atoms with Crippen LogP contribution >= 0.6 is 0 Å². The van der Waals surface area contributed by atoms with Crippen LogP contribution in [0.3, 0.4) is 0 Å². The lowest BCUT2D eigenvalue weighted by Gasteiger charge is -2.10. The standard InChI is InChI=1S/C12H17N7/c1-2-8-4-3-5-15-9(8)7-16-10-6-11(19-14)18-12(13)17-10/h3-6H,2,7,14H2,1H3,(H4,13,16,17,18,19). The number of hydrogen-bond donors (Lipinski definition) is 4. The summed E-state index contributed by atoms with van der Waals surface area (Å²) in [6, 6.07) is 5.68. The van der Waals surface area contributed by atoms with Gasteiger partial charge in [-0.05, 0) is 18.1 Å². The normalized spacial score (nSPS) is 10.2. The van der Waals surface area contributed by atoms with Gasteiger partial charge in [-0.1, -0.05) is 13.0 Å². The topological polar surface area (TPSA) is 115 Å². The quantitative estimate of drug-likeness (QED) is 0.466. The molecule has 7 heteroatoms. The number of nitrogens with two attached hydrogens (primary N) is 2. The highest BCUT2D eigenvalue weighted by molar-refractivity contribution is 5.50. The lowest BCUT2D eigenvalue weighted by atomic mass is 10.1. The molecule has 0 spiro atoms. The Bertz CT molecular complexity index is 556. The molecule has 0 saturated carbocycles. The molecule has 2 heterocycles. The zero-order chi connectivity index (χ0) is 13.7. The number of anilines is 3. The van der Waals surface area contributed by atoms with Crippen molar-refractivity contribution in [1.82, 2.24) is 15.0 Å². The minimum Gasteiger partial charge on any atom is -0.368 e. The van der Waals surface area contributed by atoms with Crippen LogP contribution in [0.15, 0.2) is 24.4 Å². The maximum absolute atomic E-state index is 5.59. The number of pyridine rings is 1. The predicted molar refractivity (Wildman–Crippen MR) is 75.2 cm³/mol. The Labute approximate surface area is 111 Å². The van der Waals surface area contributed by atoms with Gasteiger partial charge in [-0.15, -0.1) is 0 Å². The largest absolute Gasteiger partial charge is 0.368 e. The molecular weight excluding hydrogens is 242 g/mol. The number of aromatic nitrogens is 3. The molecular formula is C12H17N7. The lowest BCUT2D eigenvalue weighted by Crippen LogP contribution is -2.12. The summed E-state index contributed by atoms with van der Waals surface area (Å²) in [5.74, 6) is 6.54. The van der Waals surface area contributed by atoms with Crippen molar-refractivity contribution in [3.05, 3.63) is 35.7 Å². The van der Waals surface area contributed by atoms with Crippen LogP contribution in [0.4, 0.5) is 17.6 Å². The summed E-state index contributed by atoms with van der Waals surface area (Å²) in [5.41, 5.74) is 10.2. The Kier molecular flexibility index (Phi) is 4.09. The molecule has 100 valence electrons. The second-order valence-corrected chi connectivity index (χ2v) is 3.96. The molecule has 0 saturated heterocycles. The molecule has 0 aliphatic carbocycles. The highest BCUT2D eigenvalue weighted by Crippen LogP contribution is 2.13. The third-order valence-corrected chi connectivity index (χ3v) is 2.69. The van der Waals surface area contributed by atoms with Crippen molar-refractivity contribution < 1.29 is 0 Å². The molecule has 0 aliphatic rings. The fraction of sp³-hybridized carbons (Fsp3) is 0.250. The number of nitrogen functional groups attached to an aromatic ring is 2. The fourth-order valence-electron chi connectivity index (χ4n) is 1.76. The van der Waals surface area contributed by atoms with Gasteiger partial charge in [0, 0.05) is 12.3 Å². The second kappa shape index (κ2) is 5.96. The monoisotopic (exact) mass is 259 g/mol. The molecule has 2 rings (SSSR count). The van der Waals surface area contributed by atoms with Crippen LogP contribution in [-0.2, 0) is 13.0 Å². The molecule has 0 unspecified atom stereocenters. The molecule has 0 fully saturated rings. The first-order valence-electron chi connectivity index (χ1n) is 6.00. The molecule has 19 heavy (non-hydrogen) atoms. The maximum atomic E-state index is 5.59. The number of hydrogen-bond acceptors (Lipinski definition) is 7. The van der Waals surface area contributed by atoms with Gasteiger partial charge in [-0.3, -0.25) is 4.98 Å². The zero-order valence-electron chi connectivity index (χ0n) is 10.7. The van der Waals surface area contributed by atoms with Crippen molar-refractivity contribution in [2.75, 3.05) is 16.5 Å². The first-order chi connectivity index (χ1) is 9.22. The molecule has 0 radical (unpaired) electrons. The highest BCUT2D eigenvalue weighted by Gasteiger charge is 2.04.